The van der Waals surface area contributed by atoms with E-state index in [1.54, 1.807) is 41.4 Å². The maximum Gasteiger partial charge on any atom is 0.270 e. The van der Waals surface area contributed by atoms with E-state index in [2.05, 4.69) is 14.9 Å². The molecule has 1 aromatic heterocycles. The first kappa shape index (κ1) is 20.3. The van der Waals surface area contributed by atoms with E-state index >= 15 is 0 Å². The number of hydrogen-bond donors (Lipinski definition) is 0. The highest BCUT2D eigenvalue weighted by Crippen LogP contribution is 2.26. The van der Waals surface area contributed by atoms with E-state index in [0.717, 1.165) is 22.2 Å². The van der Waals surface area contributed by atoms with Gasteiger partial charge in [-0.25, -0.2) is 14.4 Å². The predicted octanol–water partition coefficient (Wildman–Crippen LogP) is 2.44. The van der Waals surface area contributed by atoms with Crippen LogP contribution in [0.15, 0.2) is 59.7 Å². The molecule has 2 aliphatic rings. The average molecular weight is 449 g/mol. The first-order chi connectivity index (χ1) is 15.5. The van der Waals surface area contributed by atoms with Crippen molar-refractivity contribution in [3.63, 3.8) is 0 Å². The minimum absolute atomic E-state index is 0.0708. The molecule has 0 saturated carbocycles. The lowest BCUT2D eigenvalue weighted by atomic mass is 10.1. The van der Waals surface area contributed by atoms with Gasteiger partial charge in [0.25, 0.3) is 11.8 Å². The molecule has 3 heterocycles. The van der Waals surface area contributed by atoms with Crippen molar-refractivity contribution < 1.29 is 14.0 Å². The summed E-state index contributed by atoms with van der Waals surface area (Å²) >= 11 is 5.88. The number of rotatable bonds is 3. The molecule has 1 saturated heterocycles. The van der Waals surface area contributed by atoms with Crippen molar-refractivity contribution in [2.24, 2.45) is 4.99 Å². The maximum atomic E-state index is 13.4. The summed E-state index contributed by atoms with van der Waals surface area (Å²) in [5, 5.41) is 1.37. The summed E-state index contributed by atoms with van der Waals surface area (Å²) in [7, 11) is 0. The van der Waals surface area contributed by atoms with Gasteiger partial charge in [0.05, 0.1) is 10.4 Å². The van der Waals surface area contributed by atoms with Crippen LogP contribution in [0.3, 0.4) is 0 Å². The number of anilines is 1. The zero-order valence-corrected chi connectivity index (χ0v) is 17.7. The number of carbonyl (C=O) groups is 2. The second-order valence-electron chi connectivity index (χ2n) is 7.68. The molecule has 1 fully saturated rings. The highest BCUT2D eigenvalue weighted by Gasteiger charge is 2.23. The second-order valence-corrected chi connectivity index (χ2v) is 8.09. The normalized spacial score (nSPS) is 15.2. The first-order valence-corrected chi connectivity index (χ1v) is 10.6. The Morgan fingerprint density at radius 3 is 2.47 bits per heavy atom. The number of amides is 2. The smallest absolute Gasteiger partial charge is 0.270 e. The monoisotopic (exact) mass is 448 g/mol. The van der Waals surface area contributed by atoms with Crippen molar-refractivity contribution in [2.45, 2.75) is 0 Å². The number of fused-ring (bicyclic) bond motifs is 1. The summed E-state index contributed by atoms with van der Waals surface area (Å²) in [4.78, 5) is 36.7. The molecule has 0 aliphatic carbocycles. The van der Waals surface area contributed by atoms with Crippen molar-refractivity contribution in [2.75, 3.05) is 31.1 Å². The molecule has 0 bridgehead atoms. The molecule has 0 N–H and O–H groups in total. The van der Waals surface area contributed by atoms with Crippen LogP contribution in [-0.2, 0) is 4.79 Å². The van der Waals surface area contributed by atoms with Gasteiger partial charge in [0.1, 0.15) is 11.6 Å². The number of hydrogen-bond acceptors (Lipinski definition) is 4. The Hall–Kier alpha value is -3.58. The molecular weight excluding hydrogens is 431 g/mol. The van der Waals surface area contributed by atoms with Crippen LogP contribution in [0.5, 0.6) is 0 Å². The molecule has 2 aliphatic heterocycles. The molecule has 8 heteroatoms. The number of nitrogens with zero attached hydrogens (tertiary/aromatic N) is 4. The maximum absolute atomic E-state index is 13.4. The van der Waals surface area contributed by atoms with Gasteiger partial charge in [0.15, 0.2) is 0 Å². The van der Waals surface area contributed by atoms with Crippen LogP contribution in [0.2, 0.25) is 5.02 Å². The predicted molar refractivity (Wildman–Crippen MR) is 119 cm³/mol. The Labute approximate surface area is 188 Å². The van der Waals surface area contributed by atoms with Gasteiger partial charge in [-0.3, -0.25) is 9.59 Å². The third-order valence-corrected chi connectivity index (χ3v) is 5.97. The molecule has 0 radical (unpaired) electrons. The van der Waals surface area contributed by atoms with Gasteiger partial charge in [-0.1, -0.05) is 23.7 Å². The fourth-order valence-electron chi connectivity index (χ4n) is 3.92. The van der Waals surface area contributed by atoms with Crippen LogP contribution in [0.25, 0.3) is 17.2 Å². The third-order valence-electron chi connectivity index (χ3n) is 5.68. The lowest BCUT2D eigenvalue weighted by Crippen LogP contribution is -2.49. The van der Waals surface area contributed by atoms with Crippen molar-refractivity contribution >= 4 is 35.3 Å². The summed E-state index contributed by atoms with van der Waals surface area (Å²) in [5.41, 5.74) is 2.18. The van der Waals surface area contributed by atoms with E-state index in [0.29, 0.717) is 37.1 Å². The van der Waals surface area contributed by atoms with Gasteiger partial charge in [0.2, 0.25) is 0 Å². The van der Waals surface area contributed by atoms with E-state index < -0.39 is 5.82 Å². The topological polar surface area (TPSA) is 65.9 Å². The largest absolute Gasteiger partial charge is 0.353 e. The molecule has 0 atom stereocenters. The number of aromatic nitrogens is 1. The molecule has 32 heavy (non-hydrogen) atoms. The third kappa shape index (κ3) is 3.87. The molecule has 0 unspecified atom stereocenters. The van der Waals surface area contributed by atoms with Crippen LogP contribution >= 0.6 is 11.6 Å². The summed E-state index contributed by atoms with van der Waals surface area (Å²) in [6.45, 7) is 2.44. The standard InChI is InChI=1S/C24H18ClFN4O2/c25-19-11-15(3-5-20(19)26)18-4-6-22(27-14-18)29-7-9-30(10-8-29)24(32)17-2-1-16-13-23(31)28-21(16)12-17/h1-6,11-14H,7-10H2. The molecule has 0 spiro atoms. The molecule has 3 aromatic rings. The Bertz CT molecular complexity index is 1350. The summed E-state index contributed by atoms with van der Waals surface area (Å²) in [6.07, 6.45) is 3.20. The molecule has 160 valence electrons. The van der Waals surface area contributed by atoms with Crippen LogP contribution in [0, 0.1) is 5.82 Å². The van der Waals surface area contributed by atoms with Gasteiger partial charge in [0, 0.05) is 54.8 Å². The molecule has 5 rings (SSSR count). The second kappa shape index (κ2) is 8.16. The first-order valence-electron chi connectivity index (χ1n) is 10.2. The van der Waals surface area contributed by atoms with E-state index in [1.165, 1.54) is 12.1 Å². The Morgan fingerprint density at radius 2 is 1.75 bits per heavy atom. The Balaban J connectivity index is 1.25. The lowest BCUT2D eigenvalue weighted by Gasteiger charge is -2.35. The summed E-state index contributed by atoms with van der Waals surface area (Å²) in [6, 6.07) is 13.6. The Morgan fingerprint density at radius 1 is 0.969 bits per heavy atom. The summed E-state index contributed by atoms with van der Waals surface area (Å²) in [5.74, 6) is 0.00529. The minimum Gasteiger partial charge on any atom is -0.353 e. The minimum atomic E-state index is -0.450. The fraction of sp³-hybridized carbons (Fsp3) is 0.167. The lowest BCUT2D eigenvalue weighted by molar-refractivity contribution is -0.112. The number of carbonyl (C=O) groups excluding carboxylic acids is 2. The van der Waals surface area contributed by atoms with Crippen molar-refractivity contribution in [3.8, 4) is 11.1 Å². The van der Waals surface area contributed by atoms with Crippen LogP contribution in [-0.4, -0.2) is 47.9 Å². The average Bonchev–Trinajstić information content (AvgIpc) is 3.20. The molecule has 2 amide bonds. The highest BCUT2D eigenvalue weighted by molar-refractivity contribution is 6.31. The van der Waals surface area contributed by atoms with E-state index in [9.17, 15) is 14.0 Å². The molecule has 6 nitrogen and oxygen atoms in total. The summed E-state index contributed by atoms with van der Waals surface area (Å²) < 4.78 is 13.4. The van der Waals surface area contributed by atoms with Crippen molar-refractivity contribution in [3.05, 3.63) is 81.7 Å². The van der Waals surface area contributed by atoms with Gasteiger partial charge < -0.3 is 9.80 Å². The number of pyridine rings is 1. The zero-order chi connectivity index (χ0) is 22.2. The van der Waals surface area contributed by atoms with E-state index in [4.69, 9.17) is 11.6 Å². The van der Waals surface area contributed by atoms with Gasteiger partial charge in [-0.2, -0.15) is 0 Å². The zero-order valence-electron chi connectivity index (χ0n) is 17.0. The van der Waals surface area contributed by atoms with Gasteiger partial charge in [-0.15, -0.1) is 0 Å². The van der Waals surface area contributed by atoms with E-state index in [-0.39, 0.29) is 16.8 Å². The SMILES string of the molecule is O=C1C=c2ccc(C(=O)N3CCN(c4ccc(-c5ccc(F)c(Cl)c5)cn4)CC3)cc2=N1. The molecule has 2 aromatic carbocycles. The number of piperazine rings is 1. The van der Waals surface area contributed by atoms with Crippen molar-refractivity contribution in [1.29, 1.82) is 0 Å². The van der Waals surface area contributed by atoms with Crippen LogP contribution in [0.4, 0.5) is 10.2 Å². The highest BCUT2D eigenvalue weighted by atomic mass is 35.5. The van der Waals surface area contributed by atoms with Crippen LogP contribution < -0.4 is 15.5 Å². The van der Waals surface area contributed by atoms with E-state index in [1.807, 2.05) is 12.1 Å². The van der Waals surface area contributed by atoms with Crippen LogP contribution in [0.1, 0.15) is 10.4 Å². The number of benzene rings is 2. The number of halogens is 2. The van der Waals surface area contributed by atoms with Gasteiger partial charge in [-0.05, 0) is 42.0 Å². The fourth-order valence-corrected chi connectivity index (χ4v) is 4.10. The van der Waals surface area contributed by atoms with Crippen molar-refractivity contribution in [1.82, 2.24) is 9.88 Å². The van der Waals surface area contributed by atoms with Gasteiger partial charge >= 0.3 is 0 Å². The Kier molecular flexibility index (Phi) is 5.19. The molecular formula is C24H18ClFN4O2. The quantitative estimate of drug-likeness (QED) is 0.617.